The van der Waals surface area contributed by atoms with Crippen LogP contribution in [-0.4, -0.2) is 33.0 Å². The summed E-state index contributed by atoms with van der Waals surface area (Å²) in [7, 11) is 0. The summed E-state index contributed by atoms with van der Waals surface area (Å²) in [6, 6.07) is 5.95. The van der Waals surface area contributed by atoms with E-state index in [1.807, 2.05) is 6.92 Å². The molecule has 6 nitrogen and oxygen atoms in total. The first-order valence-corrected chi connectivity index (χ1v) is 7.10. The molecule has 1 amide bonds. The van der Waals surface area contributed by atoms with E-state index in [2.05, 4.69) is 15.3 Å². The Balaban J connectivity index is 2.01. The molecule has 0 aliphatic carbocycles. The summed E-state index contributed by atoms with van der Waals surface area (Å²) in [5.74, 6) is -1.93. The van der Waals surface area contributed by atoms with Gasteiger partial charge in [-0.3, -0.25) is 4.79 Å². The predicted octanol–water partition coefficient (Wildman–Crippen LogP) is 2.06. The van der Waals surface area contributed by atoms with Crippen molar-refractivity contribution in [2.75, 3.05) is 0 Å². The van der Waals surface area contributed by atoms with Gasteiger partial charge in [-0.1, -0.05) is 19.1 Å². The van der Waals surface area contributed by atoms with Gasteiger partial charge in [0, 0.05) is 6.04 Å². The molecule has 1 atom stereocenters. The van der Waals surface area contributed by atoms with Crippen LogP contribution in [0.1, 0.15) is 39.9 Å². The van der Waals surface area contributed by atoms with E-state index in [9.17, 15) is 14.0 Å². The fraction of sp³-hybridized carbons (Fsp3) is 0.250. The molecule has 0 radical (unpaired) electrons. The van der Waals surface area contributed by atoms with E-state index in [4.69, 9.17) is 5.11 Å². The number of hydrogen-bond donors (Lipinski definition) is 2. The number of carbonyl (C=O) groups is 2. The van der Waals surface area contributed by atoms with Crippen LogP contribution in [0.15, 0.2) is 36.7 Å². The van der Waals surface area contributed by atoms with Crippen LogP contribution in [0.3, 0.4) is 0 Å². The summed E-state index contributed by atoms with van der Waals surface area (Å²) in [5, 5.41) is 11.6. The van der Waals surface area contributed by atoms with E-state index in [-0.39, 0.29) is 23.2 Å². The van der Waals surface area contributed by atoms with Gasteiger partial charge < -0.3 is 10.4 Å². The Bertz CT molecular complexity index is 687. The number of rotatable bonds is 6. The molecule has 0 spiro atoms. The molecule has 0 saturated carbocycles. The van der Waals surface area contributed by atoms with E-state index < -0.39 is 11.9 Å². The van der Waals surface area contributed by atoms with Crippen LogP contribution in [0.25, 0.3) is 0 Å². The van der Waals surface area contributed by atoms with Crippen molar-refractivity contribution in [2.24, 2.45) is 0 Å². The standard InChI is InChI=1S/C16H16FN3O3/c1-2-12(7-10-3-5-11(17)6-4-10)20-15(21)13-8-19-14(9-18-13)16(22)23/h3-6,8-9,12H,2,7H2,1H3,(H,20,21)(H,22,23). The number of carboxylic acids is 1. The Morgan fingerprint density at radius 3 is 2.30 bits per heavy atom. The number of amides is 1. The van der Waals surface area contributed by atoms with Crippen LogP contribution in [-0.2, 0) is 6.42 Å². The van der Waals surface area contributed by atoms with Gasteiger partial charge in [0.25, 0.3) is 5.91 Å². The normalized spacial score (nSPS) is 11.7. The lowest BCUT2D eigenvalue weighted by molar-refractivity contribution is 0.0689. The van der Waals surface area contributed by atoms with Gasteiger partial charge >= 0.3 is 5.97 Å². The smallest absolute Gasteiger partial charge is 0.356 e. The minimum absolute atomic E-state index is 0.0487. The van der Waals surface area contributed by atoms with Gasteiger partial charge in [-0.05, 0) is 30.5 Å². The third kappa shape index (κ3) is 4.57. The molecule has 7 heteroatoms. The maximum absolute atomic E-state index is 12.9. The number of nitrogens with one attached hydrogen (secondary N) is 1. The number of carbonyl (C=O) groups excluding carboxylic acids is 1. The molecular weight excluding hydrogens is 301 g/mol. The first-order chi connectivity index (χ1) is 11.0. The molecule has 0 saturated heterocycles. The highest BCUT2D eigenvalue weighted by atomic mass is 19.1. The summed E-state index contributed by atoms with van der Waals surface area (Å²) in [6.45, 7) is 1.92. The van der Waals surface area contributed by atoms with Crippen LogP contribution in [0.5, 0.6) is 0 Å². The molecule has 120 valence electrons. The zero-order valence-electron chi connectivity index (χ0n) is 12.5. The molecule has 23 heavy (non-hydrogen) atoms. The molecule has 2 N–H and O–H groups in total. The lowest BCUT2D eigenvalue weighted by Gasteiger charge is -2.16. The minimum Gasteiger partial charge on any atom is -0.476 e. The van der Waals surface area contributed by atoms with E-state index >= 15 is 0 Å². The topological polar surface area (TPSA) is 92.2 Å². The molecular formula is C16H16FN3O3. The van der Waals surface area contributed by atoms with Gasteiger partial charge in [0.05, 0.1) is 12.4 Å². The zero-order valence-corrected chi connectivity index (χ0v) is 12.5. The van der Waals surface area contributed by atoms with Crippen molar-refractivity contribution in [1.82, 2.24) is 15.3 Å². The molecule has 2 aromatic rings. The van der Waals surface area contributed by atoms with Gasteiger partial charge in [-0.25, -0.2) is 19.2 Å². The Kier molecular flexibility index (Phi) is 5.35. The Labute approximate surface area is 132 Å². The molecule has 0 aliphatic heterocycles. The highest BCUT2D eigenvalue weighted by Crippen LogP contribution is 2.08. The monoisotopic (exact) mass is 317 g/mol. The molecule has 1 heterocycles. The number of nitrogens with zero attached hydrogens (tertiary/aromatic N) is 2. The number of halogens is 1. The second-order valence-corrected chi connectivity index (χ2v) is 5.00. The lowest BCUT2D eigenvalue weighted by Crippen LogP contribution is -2.36. The SMILES string of the molecule is CCC(Cc1ccc(F)cc1)NC(=O)c1cnc(C(=O)O)cn1. The number of benzene rings is 1. The maximum atomic E-state index is 12.9. The highest BCUT2D eigenvalue weighted by Gasteiger charge is 2.15. The molecule has 2 rings (SSSR count). The number of hydrogen-bond acceptors (Lipinski definition) is 4. The minimum atomic E-state index is -1.20. The fourth-order valence-corrected chi connectivity index (χ4v) is 2.02. The van der Waals surface area contributed by atoms with E-state index in [1.165, 1.54) is 12.1 Å². The van der Waals surface area contributed by atoms with E-state index in [1.54, 1.807) is 12.1 Å². The van der Waals surface area contributed by atoms with Crippen molar-refractivity contribution >= 4 is 11.9 Å². The summed E-state index contributed by atoms with van der Waals surface area (Å²) in [4.78, 5) is 30.3. The lowest BCUT2D eigenvalue weighted by atomic mass is 10.0. The van der Waals surface area contributed by atoms with Gasteiger partial charge in [-0.2, -0.15) is 0 Å². The van der Waals surface area contributed by atoms with Crippen molar-refractivity contribution in [2.45, 2.75) is 25.8 Å². The number of carboxylic acid groups (broad SMARTS) is 1. The summed E-state index contributed by atoms with van der Waals surface area (Å²) in [5.41, 5.74) is 0.735. The van der Waals surface area contributed by atoms with Crippen molar-refractivity contribution < 1.29 is 19.1 Å². The van der Waals surface area contributed by atoms with Crippen LogP contribution in [0.4, 0.5) is 4.39 Å². The molecule has 0 aliphatic rings. The second kappa shape index (κ2) is 7.44. The van der Waals surface area contributed by atoms with Crippen LogP contribution in [0, 0.1) is 5.82 Å². The summed E-state index contributed by atoms with van der Waals surface area (Å²) < 4.78 is 12.9. The van der Waals surface area contributed by atoms with Crippen LogP contribution in [0.2, 0.25) is 0 Å². The zero-order chi connectivity index (χ0) is 16.8. The Hall–Kier alpha value is -2.83. The third-order valence-corrected chi connectivity index (χ3v) is 3.33. The van der Waals surface area contributed by atoms with Crippen molar-refractivity contribution in [3.63, 3.8) is 0 Å². The second-order valence-electron chi connectivity index (χ2n) is 5.00. The molecule has 1 unspecified atom stereocenters. The quantitative estimate of drug-likeness (QED) is 0.851. The summed E-state index contributed by atoms with van der Waals surface area (Å²) >= 11 is 0. The Morgan fingerprint density at radius 2 is 1.78 bits per heavy atom. The molecule has 0 bridgehead atoms. The Morgan fingerprint density at radius 1 is 1.17 bits per heavy atom. The van der Waals surface area contributed by atoms with Gasteiger partial charge in [0.15, 0.2) is 5.69 Å². The van der Waals surface area contributed by atoms with Crippen molar-refractivity contribution in [3.05, 3.63) is 59.4 Å². The van der Waals surface area contributed by atoms with Gasteiger partial charge in [-0.15, -0.1) is 0 Å². The molecule has 0 fully saturated rings. The van der Waals surface area contributed by atoms with E-state index in [0.717, 1.165) is 18.0 Å². The van der Waals surface area contributed by atoms with Crippen molar-refractivity contribution in [3.8, 4) is 0 Å². The first-order valence-electron chi connectivity index (χ1n) is 7.10. The average Bonchev–Trinajstić information content (AvgIpc) is 2.56. The molecule has 1 aromatic heterocycles. The first kappa shape index (κ1) is 16.5. The van der Waals surface area contributed by atoms with Crippen LogP contribution < -0.4 is 5.32 Å². The van der Waals surface area contributed by atoms with E-state index in [0.29, 0.717) is 12.8 Å². The van der Waals surface area contributed by atoms with Crippen LogP contribution >= 0.6 is 0 Å². The molecule has 1 aromatic carbocycles. The third-order valence-electron chi connectivity index (χ3n) is 3.33. The predicted molar refractivity (Wildman–Crippen MR) is 80.6 cm³/mol. The number of aromatic nitrogens is 2. The largest absolute Gasteiger partial charge is 0.476 e. The van der Waals surface area contributed by atoms with Gasteiger partial charge in [0.2, 0.25) is 0 Å². The van der Waals surface area contributed by atoms with Crippen molar-refractivity contribution in [1.29, 1.82) is 0 Å². The number of aromatic carboxylic acids is 1. The highest BCUT2D eigenvalue weighted by molar-refractivity contribution is 5.92. The fourth-order valence-electron chi connectivity index (χ4n) is 2.02. The summed E-state index contributed by atoms with van der Waals surface area (Å²) in [6.07, 6.45) is 3.41. The van der Waals surface area contributed by atoms with Gasteiger partial charge in [0.1, 0.15) is 11.5 Å². The maximum Gasteiger partial charge on any atom is 0.356 e. The average molecular weight is 317 g/mol.